The van der Waals surface area contributed by atoms with E-state index in [0.29, 0.717) is 0 Å². The molecule has 0 spiro atoms. The Hall–Kier alpha value is -1.73. The number of hydrogen-bond acceptors (Lipinski definition) is 4. The van der Waals surface area contributed by atoms with Gasteiger partial charge in [0.15, 0.2) is 0 Å². The fraction of sp³-hybridized carbons (Fsp3) is 0.588. The lowest BCUT2D eigenvalue weighted by atomic mass is 9.81. The van der Waals surface area contributed by atoms with Crippen LogP contribution in [0, 0.1) is 11.3 Å². The van der Waals surface area contributed by atoms with Crippen LogP contribution in [0.4, 0.5) is 5.69 Å². The molecular weight excluding hydrogens is 262 g/mol. The molecule has 0 heterocycles. The van der Waals surface area contributed by atoms with E-state index in [1.165, 1.54) is 0 Å². The van der Waals surface area contributed by atoms with E-state index in [2.05, 4.69) is 28.4 Å². The van der Waals surface area contributed by atoms with Crippen LogP contribution in [0.5, 0.6) is 5.75 Å². The number of nitriles is 1. The van der Waals surface area contributed by atoms with Gasteiger partial charge in [0, 0.05) is 32.3 Å². The largest absolute Gasteiger partial charge is 0.490 e. The van der Waals surface area contributed by atoms with Crippen molar-refractivity contribution in [3.05, 3.63) is 24.3 Å². The van der Waals surface area contributed by atoms with Gasteiger partial charge in [0.25, 0.3) is 0 Å². The summed E-state index contributed by atoms with van der Waals surface area (Å²) in [5, 5.41) is 12.8. The Morgan fingerprint density at radius 3 is 2.95 bits per heavy atom. The van der Waals surface area contributed by atoms with Gasteiger partial charge in [-0.2, -0.15) is 5.26 Å². The second-order valence-corrected chi connectivity index (χ2v) is 5.95. The topological polar surface area (TPSA) is 48.3 Å². The average molecular weight is 287 g/mol. The SMILES string of the molecule is CCNC1(C#N)CCCC(Oc2cccc(N(C)C)c2)C1. The minimum absolute atomic E-state index is 0.106. The van der Waals surface area contributed by atoms with E-state index in [4.69, 9.17) is 4.74 Å². The number of benzene rings is 1. The number of ether oxygens (including phenoxy) is 1. The molecule has 1 aromatic carbocycles. The average Bonchev–Trinajstić information content (AvgIpc) is 2.48. The highest BCUT2D eigenvalue weighted by Gasteiger charge is 2.36. The van der Waals surface area contributed by atoms with Crippen molar-refractivity contribution in [3.63, 3.8) is 0 Å². The first-order valence-corrected chi connectivity index (χ1v) is 7.69. The number of anilines is 1. The van der Waals surface area contributed by atoms with Crippen molar-refractivity contribution >= 4 is 5.69 Å². The molecule has 0 saturated heterocycles. The molecule has 1 aliphatic carbocycles. The van der Waals surface area contributed by atoms with E-state index in [1.807, 2.05) is 33.2 Å². The first kappa shape index (κ1) is 15.7. The quantitative estimate of drug-likeness (QED) is 0.904. The normalized spacial score (nSPS) is 25.1. The molecule has 1 aromatic rings. The molecule has 1 aliphatic rings. The van der Waals surface area contributed by atoms with Crippen LogP contribution >= 0.6 is 0 Å². The maximum absolute atomic E-state index is 9.50. The molecular formula is C17H25N3O. The molecule has 1 N–H and O–H groups in total. The zero-order valence-corrected chi connectivity index (χ0v) is 13.2. The smallest absolute Gasteiger partial charge is 0.121 e. The van der Waals surface area contributed by atoms with Crippen LogP contribution < -0.4 is 15.0 Å². The summed E-state index contributed by atoms with van der Waals surface area (Å²) in [6.45, 7) is 2.86. The Bertz CT molecular complexity index is 505. The Balaban J connectivity index is 2.06. The molecule has 1 saturated carbocycles. The number of hydrogen-bond donors (Lipinski definition) is 1. The Labute approximate surface area is 127 Å². The van der Waals surface area contributed by atoms with Crippen molar-refractivity contribution < 1.29 is 4.74 Å². The van der Waals surface area contributed by atoms with Gasteiger partial charge in [0.1, 0.15) is 17.4 Å². The van der Waals surface area contributed by atoms with E-state index in [0.717, 1.165) is 43.7 Å². The lowest BCUT2D eigenvalue weighted by Crippen LogP contribution is -2.49. The van der Waals surface area contributed by atoms with E-state index >= 15 is 0 Å². The molecule has 1 fully saturated rings. The molecule has 21 heavy (non-hydrogen) atoms. The second-order valence-electron chi connectivity index (χ2n) is 5.95. The number of rotatable bonds is 5. The third-order valence-electron chi connectivity index (χ3n) is 4.07. The van der Waals surface area contributed by atoms with Gasteiger partial charge in [-0.05, 0) is 37.9 Å². The van der Waals surface area contributed by atoms with Gasteiger partial charge in [-0.1, -0.05) is 13.0 Å². The minimum Gasteiger partial charge on any atom is -0.490 e. The summed E-state index contributed by atoms with van der Waals surface area (Å²) in [4.78, 5) is 2.06. The van der Waals surface area contributed by atoms with Gasteiger partial charge < -0.3 is 9.64 Å². The first-order chi connectivity index (χ1) is 10.1. The zero-order valence-electron chi connectivity index (χ0n) is 13.2. The van der Waals surface area contributed by atoms with E-state index in [1.54, 1.807) is 0 Å². The summed E-state index contributed by atoms with van der Waals surface area (Å²) in [6.07, 6.45) is 3.81. The highest BCUT2D eigenvalue weighted by atomic mass is 16.5. The zero-order chi connectivity index (χ0) is 15.3. The van der Waals surface area contributed by atoms with Gasteiger partial charge in [0.05, 0.1) is 6.07 Å². The molecule has 0 bridgehead atoms. The van der Waals surface area contributed by atoms with Crippen LogP contribution in [0.15, 0.2) is 24.3 Å². The first-order valence-electron chi connectivity index (χ1n) is 7.69. The van der Waals surface area contributed by atoms with Gasteiger partial charge in [-0.15, -0.1) is 0 Å². The van der Waals surface area contributed by atoms with Crippen molar-refractivity contribution in [2.75, 3.05) is 25.5 Å². The third kappa shape index (κ3) is 3.89. The van der Waals surface area contributed by atoms with Gasteiger partial charge in [0.2, 0.25) is 0 Å². The molecule has 0 aliphatic heterocycles. The minimum atomic E-state index is -0.420. The van der Waals surface area contributed by atoms with Crippen LogP contribution in [0.1, 0.15) is 32.6 Å². The summed E-state index contributed by atoms with van der Waals surface area (Å²) in [7, 11) is 4.04. The molecule has 114 valence electrons. The number of nitrogens with one attached hydrogen (secondary N) is 1. The van der Waals surface area contributed by atoms with Crippen molar-refractivity contribution in [3.8, 4) is 11.8 Å². The van der Waals surface area contributed by atoms with Crippen molar-refractivity contribution in [1.29, 1.82) is 5.26 Å². The van der Waals surface area contributed by atoms with Crippen LogP contribution in [0.3, 0.4) is 0 Å². The summed E-state index contributed by atoms with van der Waals surface area (Å²) in [6, 6.07) is 10.6. The molecule has 2 unspecified atom stereocenters. The van der Waals surface area contributed by atoms with Gasteiger partial charge in [-0.25, -0.2) is 0 Å². The summed E-state index contributed by atoms with van der Waals surface area (Å²) in [5.74, 6) is 0.886. The lowest BCUT2D eigenvalue weighted by molar-refractivity contribution is 0.113. The van der Waals surface area contributed by atoms with Crippen LogP contribution in [0.25, 0.3) is 0 Å². The molecule has 2 rings (SSSR count). The molecule has 0 aromatic heterocycles. The molecule has 4 heteroatoms. The Morgan fingerprint density at radius 2 is 2.29 bits per heavy atom. The maximum atomic E-state index is 9.50. The van der Waals surface area contributed by atoms with Crippen LogP contribution in [-0.2, 0) is 0 Å². The van der Waals surface area contributed by atoms with Gasteiger partial charge in [-0.3, -0.25) is 5.32 Å². The highest BCUT2D eigenvalue weighted by molar-refractivity contribution is 5.49. The van der Waals surface area contributed by atoms with Crippen molar-refractivity contribution in [2.24, 2.45) is 0 Å². The van der Waals surface area contributed by atoms with Crippen molar-refractivity contribution in [1.82, 2.24) is 5.32 Å². The summed E-state index contributed by atoms with van der Waals surface area (Å²) in [5.41, 5.74) is 0.707. The molecule has 0 amide bonds. The third-order valence-corrected chi connectivity index (χ3v) is 4.07. The van der Waals surface area contributed by atoms with Gasteiger partial charge >= 0.3 is 0 Å². The summed E-state index contributed by atoms with van der Waals surface area (Å²) < 4.78 is 6.13. The second kappa shape index (κ2) is 6.82. The fourth-order valence-corrected chi connectivity index (χ4v) is 2.99. The van der Waals surface area contributed by atoms with Crippen LogP contribution in [-0.4, -0.2) is 32.3 Å². The van der Waals surface area contributed by atoms with Crippen molar-refractivity contribution in [2.45, 2.75) is 44.2 Å². The highest BCUT2D eigenvalue weighted by Crippen LogP contribution is 2.31. The molecule has 4 nitrogen and oxygen atoms in total. The van der Waals surface area contributed by atoms with E-state index < -0.39 is 5.54 Å². The van der Waals surface area contributed by atoms with Crippen LogP contribution in [0.2, 0.25) is 0 Å². The molecule has 2 atom stereocenters. The predicted octanol–water partition coefficient (Wildman–Crippen LogP) is 2.95. The molecule has 0 radical (unpaired) electrons. The lowest BCUT2D eigenvalue weighted by Gasteiger charge is -2.36. The summed E-state index contributed by atoms with van der Waals surface area (Å²) >= 11 is 0. The standard InChI is InChI=1S/C17H25N3O/c1-4-19-17(13-18)10-6-9-16(12-17)21-15-8-5-7-14(11-15)20(2)3/h5,7-8,11,16,19H,4,6,9-10,12H2,1-3H3. The Morgan fingerprint density at radius 1 is 1.48 bits per heavy atom. The number of nitrogens with zero attached hydrogens (tertiary/aromatic N) is 2. The van der Waals surface area contributed by atoms with E-state index in [9.17, 15) is 5.26 Å². The van der Waals surface area contributed by atoms with E-state index in [-0.39, 0.29) is 6.10 Å². The monoisotopic (exact) mass is 287 g/mol. The predicted molar refractivity (Wildman–Crippen MR) is 85.7 cm³/mol. The maximum Gasteiger partial charge on any atom is 0.121 e. The Kier molecular flexibility index (Phi) is 5.08. The fourth-order valence-electron chi connectivity index (χ4n) is 2.99.